The van der Waals surface area contributed by atoms with Gasteiger partial charge in [0.25, 0.3) is 0 Å². The van der Waals surface area contributed by atoms with E-state index in [0.29, 0.717) is 0 Å². The zero-order valence-electron chi connectivity index (χ0n) is 10.2. The monoisotopic (exact) mass is 223 g/mol. The van der Waals surface area contributed by atoms with Crippen molar-refractivity contribution in [3.05, 3.63) is 66.4 Å². The first-order chi connectivity index (χ1) is 8.35. The van der Waals surface area contributed by atoms with Gasteiger partial charge in [0, 0.05) is 11.9 Å². The maximum absolute atomic E-state index is 4.44. The summed E-state index contributed by atoms with van der Waals surface area (Å²) in [6.07, 6.45) is 10.1. The van der Waals surface area contributed by atoms with Gasteiger partial charge in [-0.05, 0) is 42.5 Å². The number of allylic oxidation sites excluding steroid dienone is 4. The van der Waals surface area contributed by atoms with Crippen molar-refractivity contribution in [2.75, 3.05) is 0 Å². The van der Waals surface area contributed by atoms with E-state index in [2.05, 4.69) is 48.0 Å². The van der Waals surface area contributed by atoms with E-state index >= 15 is 0 Å². The second kappa shape index (κ2) is 5.44. The van der Waals surface area contributed by atoms with Crippen molar-refractivity contribution >= 4 is 11.3 Å². The number of hydrogen-bond donors (Lipinski definition) is 0. The van der Waals surface area contributed by atoms with Crippen LogP contribution in [0.3, 0.4) is 0 Å². The van der Waals surface area contributed by atoms with Crippen molar-refractivity contribution in [3.8, 4) is 0 Å². The third-order valence-electron chi connectivity index (χ3n) is 2.94. The Bertz CT molecular complexity index is 504. The second-order valence-electron chi connectivity index (χ2n) is 4.03. The highest BCUT2D eigenvalue weighted by molar-refractivity contribution is 6.02. The summed E-state index contributed by atoms with van der Waals surface area (Å²) in [5.74, 6) is 0. The highest BCUT2D eigenvalue weighted by atomic mass is 14.7. The highest BCUT2D eigenvalue weighted by Gasteiger charge is 2.06. The first-order valence-corrected chi connectivity index (χ1v) is 5.96. The summed E-state index contributed by atoms with van der Waals surface area (Å²) >= 11 is 0. The molecule has 1 heterocycles. The molecule has 0 radical (unpaired) electrons. The topological polar surface area (TPSA) is 12.4 Å². The molecule has 2 rings (SSSR count). The van der Waals surface area contributed by atoms with Crippen LogP contribution in [0.15, 0.2) is 60.3 Å². The Labute approximate surface area is 103 Å². The number of benzene rings is 1. The van der Waals surface area contributed by atoms with Gasteiger partial charge in [0.1, 0.15) is 0 Å². The number of rotatable bonds is 3. The van der Waals surface area contributed by atoms with E-state index in [1.165, 1.54) is 22.4 Å². The van der Waals surface area contributed by atoms with Gasteiger partial charge in [-0.2, -0.15) is 0 Å². The summed E-state index contributed by atoms with van der Waals surface area (Å²) in [6.45, 7) is 5.87. The van der Waals surface area contributed by atoms with E-state index in [1.807, 2.05) is 19.2 Å². The Balaban J connectivity index is 2.37. The van der Waals surface area contributed by atoms with E-state index < -0.39 is 0 Å². The van der Waals surface area contributed by atoms with Crippen LogP contribution < -0.4 is 0 Å². The molecule has 17 heavy (non-hydrogen) atoms. The van der Waals surface area contributed by atoms with Crippen LogP contribution in [0.2, 0.25) is 0 Å². The van der Waals surface area contributed by atoms with Crippen LogP contribution in [-0.2, 0) is 0 Å². The van der Waals surface area contributed by atoms with Gasteiger partial charge in [0.2, 0.25) is 0 Å². The van der Waals surface area contributed by atoms with Gasteiger partial charge in [-0.1, -0.05) is 43.0 Å². The average Bonchev–Trinajstić information content (AvgIpc) is 2.42. The van der Waals surface area contributed by atoms with Crippen LogP contribution in [0.4, 0.5) is 0 Å². The molecule has 1 aromatic carbocycles. The van der Waals surface area contributed by atoms with E-state index in [0.717, 1.165) is 12.8 Å². The Morgan fingerprint density at radius 3 is 2.94 bits per heavy atom. The molecule has 0 aliphatic carbocycles. The third-order valence-corrected chi connectivity index (χ3v) is 2.94. The lowest BCUT2D eigenvalue weighted by Gasteiger charge is -2.10. The minimum Gasteiger partial charge on any atom is -0.261 e. The number of nitrogens with zero attached hydrogens (tertiary/aromatic N) is 1. The average molecular weight is 223 g/mol. The third kappa shape index (κ3) is 2.62. The Morgan fingerprint density at radius 1 is 1.41 bits per heavy atom. The summed E-state index contributed by atoms with van der Waals surface area (Å²) in [5, 5.41) is 0. The van der Waals surface area contributed by atoms with Crippen molar-refractivity contribution in [2.45, 2.75) is 19.8 Å². The van der Waals surface area contributed by atoms with E-state index in [4.69, 9.17) is 0 Å². The molecule has 1 aromatic rings. The van der Waals surface area contributed by atoms with Crippen LogP contribution in [0, 0.1) is 0 Å². The Kier molecular flexibility index (Phi) is 3.71. The first kappa shape index (κ1) is 11.6. The maximum atomic E-state index is 4.44. The van der Waals surface area contributed by atoms with Gasteiger partial charge < -0.3 is 0 Å². The van der Waals surface area contributed by atoms with Crippen molar-refractivity contribution in [3.63, 3.8) is 0 Å². The fourth-order valence-corrected chi connectivity index (χ4v) is 2.00. The SMILES string of the molecule is C=C/C(=C\C)c1cccc(C2=NC=CCC2)c1. The summed E-state index contributed by atoms with van der Waals surface area (Å²) in [6, 6.07) is 8.51. The van der Waals surface area contributed by atoms with Crippen LogP contribution in [-0.4, -0.2) is 5.71 Å². The molecule has 0 saturated heterocycles. The lowest BCUT2D eigenvalue weighted by molar-refractivity contribution is 1.06. The molecule has 1 aliphatic rings. The maximum Gasteiger partial charge on any atom is 0.0479 e. The molecular weight excluding hydrogens is 206 g/mol. The second-order valence-corrected chi connectivity index (χ2v) is 4.03. The molecule has 0 aromatic heterocycles. The van der Waals surface area contributed by atoms with Crippen molar-refractivity contribution < 1.29 is 0 Å². The molecule has 0 N–H and O–H groups in total. The molecule has 86 valence electrons. The smallest absolute Gasteiger partial charge is 0.0479 e. The molecule has 0 spiro atoms. The van der Waals surface area contributed by atoms with Gasteiger partial charge >= 0.3 is 0 Å². The lowest BCUT2D eigenvalue weighted by atomic mass is 9.98. The zero-order valence-corrected chi connectivity index (χ0v) is 10.2. The molecule has 0 atom stereocenters. The molecule has 0 unspecified atom stereocenters. The molecule has 0 fully saturated rings. The number of hydrogen-bond acceptors (Lipinski definition) is 1. The van der Waals surface area contributed by atoms with E-state index in [1.54, 1.807) is 0 Å². The fourth-order valence-electron chi connectivity index (χ4n) is 2.00. The van der Waals surface area contributed by atoms with Gasteiger partial charge in [-0.25, -0.2) is 0 Å². The van der Waals surface area contributed by atoms with Crippen molar-refractivity contribution in [2.24, 2.45) is 4.99 Å². The highest BCUT2D eigenvalue weighted by Crippen LogP contribution is 2.19. The van der Waals surface area contributed by atoms with Gasteiger partial charge in [-0.3, -0.25) is 4.99 Å². The summed E-state index contributed by atoms with van der Waals surface area (Å²) in [4.78, 5) is 4.44. The lowest BCUT2D eigenvalue weighted by Crippen LogP contribution is -2.02. The molecule has 1 aliphatic heterocycles. The molecule has 1 heteroatoms. The Morgan fingerprint density at radius 2 is 2.29 bits per heavy atom. The van der Waals surface area contributed by atoms with E-state index in [9.17, 15) is 0 Å². The summed E-state index contributed by atoms with van der Waals surface area (Å²) < 4.78 is 0. The van der Waals surface area contributed by atoms with Crippen molar-refractivity contribution in [1.82, 2.24) is 0 Å². The number of aliphatic imine (C=N–C) groups is 1. The standard InChI is InChI=1S/C16H17N/c1-3-13(4-2)14-8-7-9-15(12-14)16-10-5-6-11-17-16/h3-4,6-9,11-12H,1,5,10H2,2H3/b13-4+. The minimum atomic E-state index is 1.03. The fraction of sp³-hybridized carbons (Fsp3) is 0.188. The van der Waals surface area contributed by atoms with Crippen molar-refractivity contribution in [1.29, 1.82) is 0 Å². The molecule has 0 bridgehead atoms. The zero-order chi connectivity index (χ0) is 12.1. The molecule has 0 saturated carbocycles. The Hall–Kier alpha value is -1.89. The van der Waals surface area contributed by atoms with Crippen LogP contribution in [0.25, 0.3) is 5.57 Å². The largest absolute Gasteiger partial charge is 0.261 e. The van der Waals surface area contributed by atoms with Gasteiger partial charge in [-0.15, -0.1) is 0 Å². The normalized spacial score (nSPS) is 15.6. The molecule has 0 amide bonds. The summed E-state index contributed by atoms with van der Waals surface area (Å²) in [7, 11) is 0. The molecular formula is C16H17N. The molecule has 1 nitrogen and oxygen atoms in total. The predicted molar refractivity (Wildman–Crippen MR) is 75.2 cm³/mol. The van der Waals surface area contributed by atoms with Crippen LogP contribution in [0.1, 0.15) is 30.9 Å². The van der Waals surface area contributed by atoms with Gasteiger partial charge in [0.05, 0.1) is 0 Å². The predicted octanol–water partition coefficient (Wildman–Crippen LogP) is 4.37. The van der Waals surface area contributed by atoms with Gasteiger partial charge in [0.15, 0.2) is 0 Å². The first-order valence-electron chi connectivity index (χ1n) is 5.96. The quantitative estimate of drug-likeness (QED) is 0.675. The van der Waals surface area contributed by atoms with E-state index in [-0.39, 0.29) is 0 Å². The van der Waals surface area contributed by atoms with Crippen LogP contribution in [0.5, 0.6) is 0 Å². The summed E-state index contributed by atoms with van der Waals surface area (Å²) in [5.41, 5.74) is 4.76. The minimum absolute atomic E-state index is 1.03. The van der Waals surface area contributed by atoms with Crippen LogP contribution >= 0.6 is 0 Å².